The van der Waals surface area contributed by atoms with E-state index in [1.165, 1.54) is 4.90 Å². The van der Waals surface area contributed by atoms with Crippen LogP contribution in [0.25, 0.3) is 10.4 Å². The van der Waals surface area contributed by atoms with Gasteiger partial charge in [-0.2, -0.15) is 0 Å². The average molecular weight is 586 g/mol. The van der Waals surface area contributed by atoms with Gasteiger partial charge in [-0.15, -0.1) is 11.3 Å². The fourth-order valence-corrected chi connectivity index (χ4v) is 6.11. The molecule has 11 heteroatoms. The van der Waals surface area contributed by atoms with Gasteiger partial charge in [0.15, 0.2) is 0 Å². The molecule has 0 saturated carbocycles. The van der Waals surface area contributed by atoms with E-state index in [0.29, 0.717) is 13.2 Å². The van der Waals surface area contributed by atoms with Gasteiger partial charge >= 0.3 is 0 Å². The Balaban J connectivity index is 1.34. The lowest BCUT2D eigenvalue weighted by molar-refractivity contribution is -0.144. The van der Waals surface area contributed by atoms with Gasteiger partial charge in [0.25, 0.3) is 0 Å². The number of carbonyl (C=O) groups is 3. The summed E-state index contributed by atoms with van der Waals surface area (Å²) in [6, 6.07) is 6.26. The quantitative estimate of drug-likeness (QED) is 0.337. The molecule has 1 aromatic carbocycles. The standard InChI is InChI=1S/C30H43N5O5S/c1-19-26(41-18-33-19)21-7-5-20(6-8-21)16-32-28(38)24-15-22(36)17-35(24)29(39)27(30(2,3)4)34-25(37)11-14-40-23-9-12-31-13-10-23/h5-8,18,22-24,27,31,36H,9-17H2,1-4H3,(H,32,38)(H,34,37)/t22-,24+,27-/m1/s1. The molecule has 3 atom stereocenters. The van der Waals surface area contributed by atoms with Crippen LogP contribution in [0.4, 0.5) is 0 Å². The number of aryl methyl sites for hydroxylation is 1. The SMILES string of the molecule is Cc1ncsc1-c1ccc(CNC(=O)[C@@H]2C[C@@H](O)CN2C(=O)[C@@H](NC(=O)CCOC2CCNCC2)C(C)(C)C)cc1. The van der Waals surface area contributed by atoms with E-state index in [1.54, 1.807) is 11.3 Å². The van der Waals surface area contributed by atoms with Crippen LogP contribution in [-0.4, -0.2) is 83.2 Å². The summed E-state index contributed by atoms with van der Waals surface area (Å²) >= 11 is 1.59. The minimum absolute atomic E-state index is 0.0428. The van der Waals surface area contributed by atoms with Crippen molar-refractivity contribution >= 4 is 29.1 Å². The Labute approximate surface area is 246 Å². The summed E-state index contributed by atoms with van der Waals surface area (Å²) in [5.41, 5.74) is 4.20. The molecular weight excluding hydrogens is 542 g/mol. The van der Waals surface area contributed by atoms with E-state index < -0.39 is 23.6 Å². The maximum atomic E-state index is 13.7. The first-order valence-electron chi connectivity index (χ1n) is 14.4. The van der Waals surface area contributed by atoms with Crippen molar-refractivity contribution in [3.8, 4) is 10.4 Å². The molecule has 0 spiro atoms. The lowest BCUT2D eigenvalue weighted by atomic mass is 9.85. The van der Waals surface area contributed by atoms with E-state index in [2.05, 4.69) is 20.9 Å². The first-order chi connectivity index (χ1) is 19.5. The van der Waals surface area contributed by atoms with E-state index in [0.717, 1.165) is 47.6 Å². The molecule has 2 saturated heterocycles. The molecule has 10 nitrogen and oxygen atoms in total. The predicted octanol–water partition coefficient (Wildman–Crippen LogP) is 2.39. The molecule has 4 N–H and O–H groups in total. The fraction of sp³-hybridized carbons (Fsp3) is 0.600. The van der Waals surface area contributed by atoms with Crippen LogP contribution >= 0.6 is 11.3 Å². The molecule has 2 aliphatic heterocycles. The first-order valence-corrected chi connectivity index (χ1v) is 15.3. The third-order valence-electron chi connectivity index (χ3n) is 7.68. The highest BCUT2D eigenvalue weighted by Gasteiger charge is 2.44. The normalized spacial score (nSPS) is 20.6. The van der Waals surface area contributed by atoms with Gasteiger partial charge in [-0.05, 0) is 49.4 Å². The van der Waals surface area contributed by atoms with Crippen molar-refractivity contribution in [3.05, 3.63) is 41.0 Å². The molecular formula is C30H43N5O5S. The largest absolute Gasteiger partial charge is 0.391 e. The summed E-state index contributed by atoms with van der Waals surface area (Å²) < 4.78 is 5.85. The average Bonchev–Trinajstić information content (AvgIpc) is 3.55. The Morgan fingerprint density at radius 1 is 1.20 bits per heavy atom. The van der Waals surface area contributed by atoms with E-state index in [9.17, 15) is 19.5 Å². The third-order valence-corrected chi connectivity index (χ3v) is 8.66. The molecule has 3 amide bonds. The minimum Gasteiger partial charge on any atom is -0.391 e. The van der Waals surface area contributed by atoms with E-state index >= 15 is 0 Å². The van der Waals surface area contributed by atoms with E-state index in [4.69, 9.17) is 4.74 Å². The number of likely N-dealkylation sites (tertiary alicyclic amines) is 1. The molecule has 0 bridgehead atoms. The van der Waals surface area contributed by atoms with Gasteiger partial charge in [0, 0.05) is 25.9 Å². The highest BCUT2D eigenvalue weighted by Crippen LogP contribution is 2.28. The van der Waals surface area contributed by atoms with Crippen molar-refractivity contribution in [3.63, 3.8) is 0 Å². The summed E-state index contributed by atoms with van der Waals surface area (Å²) in [5.74, 6) is -0.970. The number of nitrogens with zero attached hydrogens (tertiary/aromatic N) is 2. The van der Waals surface area contributed by atoms with Crippen LogP contribution in [0.2, 0.25) is 0 Å². The van der Waals surface area contributed by atoms with Crippen molar-refractivity contribution in [2.24, 2.45) is 5.41 Å². The lowest BCUT2D eigenvalue weighted by Gasteiger charge is -2.35. The summed E-state index contributed by atoms with van der Waals surface area (Å²) in [6.45, 7) is 10.1. The molecule has 3 heterocycles. The lowest BCUT2D eigenvalue weighted by Crippen LogP contribution is -2.57. The molecule has 4 rings (SSSR count). The topological polar surface area (TPSA) is 133 Å². The van der Waals surface area contributed by atoms with Crippen molar-refractivity contribution in [2.45, 2.75) is 84.2 Å². The van der Waals surface area contributed by atoms with E-state index in [-0.39, 0.29) is 43.2 Å². The number of piperidine rings is 1. The zero-order valence-electron chi connectivity index (χ0n) is 24.4. The Hall–Kier alpha value is -2.86. The zero-order chi connectivity index (χ0) is 29.6. The highest BCUT2D eigenvalue weighted by molar-refractivity contribution is 7.13. The number of aliphatic hydroxyl groups excluding tert-OH is 1. The van der Waals surface area contributed by atoms with Crippen molar-refractivity contribution in [1.82, 2.24) is 25.8 Å². The Bertz CT molecular complexity index is 1190. The molecule has 41 heavy (non-hydrogen) atoms. The second kappa shape index (κ2) is 13.9. The number of hydrogen-bond acceptors (Lipinski definition) is 8. The second-order valence-corrected chi connectivity index (χ2v) is 12.9. The van der Waals surface area contributed by atoms with Gasteiger partial charge in [-0.1, -0.05) is 45.0 Å². The number of nitrogens with one attached hydrogen (secondary N) is 3. The molecule has 224 valence electrons. The number of hydrogen-bond donors (Lipinski definition) is 4. The molecule has 0 aliphatic carbocycles. The number of ether oxygens (including phenoxy) is 1. The smallest absolute Gasteiger partial charge is 0.246 e. The molecule has 0 radical (unpaired) electrons. The maximum absolute atomic E-state index is 13.7. The first kappa shape index (κ1) is 31.1. The summed E-state index contributed by atoms with van der Waals surface area (Å²) in [4.78, 5) is 46.6. The Morgan fingerprint density at radius 3 is 2.54 bits per heavy atom. The van der Waals surface area contributed by atoms with Gasteiger partial charge in [0.1, 0.15) is 12.1 Å². The van der Waals surface area contributed by atoms with Crippen LogP contribution < -0.4 is 16.0 Å². The van der Waals surface area contributed by atoms with Crippen molar-refractivity contribution < 1.29 is 24.2 Å². The number of carbonyl (C=O) groups excluding carboxylic acids is 3. The van der Waals surface area contributed by atoms with Gasteiger partial charge in [0.2, 0.25) is 17.7 Å². The van der Waals surface area contributed by atoms with Gasteiger partial charge in [-0.3, -0.25) is 14.4 Å². The Morgan fingerprint density at radius 2 is 1.90 bits per heavy atom. The molecule has 1 aromatic heterocycles. The van der Waals surface area contributed by atoms with E-state index in [1.807, 2.05) is 57.5 Å². The number of thiazole rings is 1. The minimum atomic E-state index is -0.850. The highest BCUT2D eigenvalue weighted by atomic mass is 32.1. The third kappa shape index (κ3) is 8.34. The number of aliphatic hydroxyl groups is 1. The Kier molecular flexibility index (Phi) is 10.5. The van der Waals surface area contributed by atoms with Gasteiger partial charge in [0.05, 0.1) is 34.9 Å². The van der Waals surface area contributed by atoms with Crippen molar-refractivity contribution in [1.29, 1.82) is 0 Å². The number of benzene rings is 1. The molecule has 0 unspecified atom stereocenters. The van der Waals surface area contributed by atoms with Gasteiger partial charge in [-0.25, -0.2) is 4.98 Å². The molecule has 2 fully saturated rings. The molecule has 2 aliphatic rings. The van der Waals surface area contributed by atoms with Gasteiger partial charge < -0.3 is 30.7 Å². The number of β-amino-alcohol motifs (C(OH)–C–C–N with tert-alkyl or cyclic N) is 1. The van der Waals surface area contributed by atoms with Crippen molar-refractivity contribution in [2.75, 3.05) is 26.2 Å². The number of rotatable bonds is 10. The van der Waals surface area contributed by atoms with Crippen LogP contribution in [0, 0.1) is 12.3 Å². The maximum Gasteiger partial charge on any atom is 0.246 e. The molecule has 2 aromatic rings. The van der Waals surface area contributed by atoms with Crippen LogP contribution in [0.5, 0.6) is 0 Å². The summed E-state index contributed by atoms with van der Waals surface area (Å²) in [5, 5.41) is 19.5. The van der Waals surface area contributed by atoms with Crippen LogP contribution in [-0.2, 0) is 25.7 Å². The monoisotopic (exact) mass is 585 g/mol. The summed E-state index contributed by atoms with van der Waals surface area (Å²) in [7, 11) is 0. The van der Waals surface area contributed by atoms with Crippen LogP contribution in [0.1, 0.15) is 57.7 Å². The fourth-order valence-electron chi connectivity index (χ4n) is 5.29. The number of aromatic nitrogens is 1. The van der Waals surface area contributed by atoms with Crippen LogP contribution in [0.15, 0.2) is 29.8 Å². The summed E-state index contributed by atoms with van der Waals surface area (Å²) in [6.07, 6.45) is 1.47. The second-order valence-electron chi connectivity index (χ2n) is 12.0. The predicted molar refractivity (Wildman–Crippen MR) is 158 cm³/mol. The van der Waals surface area contributed by atoms with Crippen LogP contribution in [0.3, 0.4) is 0 Å². The number of amides is 3. The zero-order valence-corrected chi connectivity index (χ0v) is 25.3.